The van der Waals surface area contributed by atoms with Crippen LogP contribution >= 0.6 is 0 Å². The van der Waals surface area contributed by atoms with Gasteiger partial charge in [0.1, 0.15) is 0 Å². The first-order valence-corrected chi connectivity index (χ1v) is 7.46. The minimum atomic E-state index is 0. The van der Waals surface area contributed by atoms with E-state index in [1.807, 2.05) is 41.5 Å². The number of rotatable bonds is 0. The summed E-state index contributed by atoms with van der Waals surface area (Å²) in [6.45, 7) is 17.7. The standard InChI is InChI=1S/C9H18N2.3C2H6.V/c1-7-4-5-9(10)8(2)11(9,3)6-7;3*1-2;/h8H,4-6,10H2,1-3H3;3*1-2H3;. The molecule has 1 radical (unpaired) electrons. The van der Waals surface area contributed by atoms with E-state index in [9.17, 15) is 0 Å². The Kier molecular flexibility index (Phi) is 13.5. The zero-order valence-electron chi connectivity index (χ0n) is 14.2. The Morgan fingerprint density at radius 2 is 1.50 bits per heavy atom. The van der Waals surface area contributed by atoms with E-state index in [0.29, 0.717) is 6.04 Å². The Morgan fingerprint density at radius 1 is 1.11 bits per heavy atom. The Balaban J connectivity index is -0.000000285. The molecule has 111 valence electrons. The van der Waals surface area contributed by atoms with Crippen molar-refractivity contribution in [2.75, 3.05) is 13.6 Å². The zero-order valence-corrected chi connectivity index (χ0v) is 15.6. The third kappa shape index (κ3) is 4.26. The first kappa shape index (κ1) is 23.6. The van der Waals surface area contributed by atoms with Gasteiger partial charge in [-0.2, -0.15) is 13.3 Å². The van der Waals surface area contributed by atoms with Gasteiger partial charge in [0.25, 0.3) is 0 Å². The van der Waals surface area contributed by atoms with Crippen LogP contribution in [0.1, 0.15) is 68.2 Å². The molecule has 0 aromatic heterocycles. The van der Waals surface area contributed by atoms with Crippen LogP contribution in [0.3, 0.4) is 0 Å². The van der Waals surface area contributed by atoms with Crippen molar-refractivity contribution in [1.82, 2.24) is 0 Å². The van der Waals surface area contributed by atoms with Crippen molar-refractivity contribution < 1.29 is 23.0 Å². The molecule has 3 atom stereocenters. The molecule has 2 fully saturated rings. The van der Waals surface area contributed by atoms with E-state index in [2.05, 4.69) is 20.9 Å². The number of likely N-dealkylation sites (N-methyl/N-ethyl adjacent to an activating group) is 1. The molecule has 0 spiro atoms. The van der Waals surface area contributed by atoms with E-state index < -0.39 is 0 Å². The molecule has 18 heavy (non-hydrogen) atoms. The molecule has 3 unspecified atom stereocenters. The van der Waals surface area contributed by atoms with Crippen LogP contribution in [-0.2, 0) is 18.6 Å². The fourth-order valence-corrected chi connectivity index (χ4v) is 2.73. The second-order valence-corrected chi connectivity index (χ2v) is 4.55. The molecule has 2 heterocycles. The number of nitrogens with two attached hydrogens (primary N) is 1. The van der Waals surface area contributed by atoms with E-state index in [1.54, 1.807) is 5.92 Å². The quantitative estimate of drug-likeness (QED) is 0.409. The second kappa shape index (κ2) is 10.3. The first-order valence-electron chi connectivity index (χ1n) is 7.46. The molecule has 2 nitrogen and oxygen atoms in total. The van der Waals surface area contributed by atoms with Gasteiger partial charge in [0.05, 0.1) is 7.05 Å². The van der Waals surface area contributed by atoms with Crippen molar-refractivity contribution in [3.05, 3.63) is 5.92 Å². The van der Waals surface area contributed by atoms with Gasteiger partial charge in [0.15, 0.2) is 11.7 Å². The molecule has 2 rings (SSSR count). The van der Waals surface area contributed by atoms with Gasteiger partial charge in [0, 0.05) is 18.6 Å². The molecule has 2 N–H and O–H groups in total. The molecule has 0 aromatic rings. The van der Waals surface area contributed by atoms with Crippen molar-refractivity contribution in [3.63, 3.8) is 0 Å². The van der Waals surface area contributed by atoms with E-state index in [1.165, 1.54) is 19.4 Å². The van der Waals surface area contributed by atoms with Crippen molar-refractivity contribution in [2.24, 2.45) is 5.73 Å². The summed E-state index contributed by atoms with van der Waals surface area (Å²) < 4.78 is 1.10. The maximum Gasteiger partial charge on any atom is 0.198 e. The van der Waals surface area contributed by atoms with Gasteiger partial charge < -0.3 is 4.48 Å². The van der Waals surface area contributed by atoms with Crippen LogP contribution in [0.4, 0.5) is 0 Å². The Labute approximate surface area is 128 Å². The average molecular weight is 295 g/mol. The third-order valence-electron chi connectivity index (χ3n) is 4.01. The summed E-state index contributed by atoms with van der Waals surface area (Å²) in [5.41, 5.74) is 6.39. The minimum Gasteiger partial charge on any atom is -0.320 e. The summed E-state index contributed by atoms with van der Waals surface area (Å²) in [6.07, 6.45) is 2.44. The zero-order chi connectivity index (χ0) is 14.3. The number of hydrogen-bond donors (Lipinski definition) is 1. The van der Waals surface area contributed by atoms with E-state index >= 15 is 0 Å². The van der Waals surface area contributed by atoms with Crippen LogP contribution in [0.5, 0.6) is 0 Å². The van der Waals surface area contributed by atoms with Crippen molar-refractivity contribution >= 4 is 0 Å². The molecule has 0 amide bonds. The summed E-state index contributed by atoms with van der Waals surface area (Å²) in [6, 6.07) is 0.681. The van der Waals surface area contributed by atoms with Crippen LogP contribution in [0.15, 0.2) is 0 Å². The average Bonchev–Trinajstić information content (AvgIpc) is 2.83. The van der Waals surface area contributed by atoms with Gasteiger partial charge in [-0.05, 0) is 19.9 Å². The topological polar surface area (TPSA) is 26.0 Å². The molecule has 0 bridgehead atoms. The van der Waals surface area contributed by atoms with Crippen LogP contribution in [0.2, 0.25) is 0 Å². The van der Waals surface area contributed by atoms with Gasteiger partial charge in [-0.1, -0.05) is 41.5 Å². The van der Waals surface area contributed by atoms with Crippen molar-refractivity contribution in [1.29, 1.82) is 0 Å². The van der Waals surface area contributed by atoms with Crippen LogP contribution < -0.4 is 5.73 Å². The van der Waals surface area contributed by atoms with Crippen molar-refractivity contribution in [2.45, 2.75) is 79.9 Å². The molecule has 0 saturated carbocycles. The predicted molar refractivity (Wildman–Crippen MR) is 79.6 cm³/mol. The Hall–Kier alpha value is 0.504. The summed E-state index contributed by atoms with van der Waals surface area (Å²) in [5, 5.41) is 0. The van der Waals surface area contributed by atoms with E-state index in [-0.39, 0.29) is 24.2 Å². The molecule has 2 saturated heterocycles. The number of hydrogen-bond acceptors (Lipinski definition) is 1. The van der Waals surface area contributed by atoms with Gasteiger partial charge in [-0.15, -0.1) is 0 Å². The monoisotopic (exact) mass is 295 g/mol. The van der Waals surface area contributed by atoms with Crippen LogP contribution in [0.25, 0.3) is 0 Å². The maximum atomic E-state index is 6.25. The summed E-state index contributed by atoms with van der Waals surface area (Å²) in [4.78, 5) is 0. The molecular formula is C15H36N2V. The summed E-state index contributed by atoms with van der Waals surface area (Å²) in [5.74, 6) is 1.62. The molecule has 0 aliphatic carbocycles. The number of nitrogens with zero attached hydrogens (tertiary/aromatic N) is 1. The number of fused-ring (bicyclic) bond motifs is 1. The molecule has 2 aliphatic rings. The van der Waals surface area contributed by atoms with Gasteiger partial charge in [-0.3, -0.25) is 11.7 Å². The fourth-order valence-electron chi connectivity index (χ4n) is 2.73. The molecule has 3 heteroatoms. The normalized spacial score (nSPS) is 36.0. The predicted octanol–water partition coefficient (Wildman–Crippen LogP) is 3.95. The van der Waals surface area contributed by atoms with E-state index in [0.717, 1.165) is 4.48 Å². The first-order chi connectivity index (χ1) is 8.01. The third-order valence-corrected chi connectivity index (χ3v) is 4.01. The summed E-state index contributed by atoms with van der Waals surface area (Å²) in [7, 11) is 2.29. The van der Waals surface area contributed by atoms with Gasteiger partial charge in [0.2, 0.25) is 0 Å². The van der Waals surface area contributed by atoms with Gasteiger partial charge in [-0.25, -0.2) is 0 Å². The van der Waals surface area contributed by atoms with Crippen LogP contribution in [0, 0.1) is 5.92 Å². The maximum absolute atomic E-state index is 6.25. The van der Waals surface area contributed by atoms with Crippen LogP contribution in [-0.4, -0.2) is 29.8 Å². The minimum absolute atomic E-state index is 0. The summed E-state index contributed by atoms with van der Waals surface area (Å²) >= 11 is 0. The number of piperidine rings is 1. The van der Waals surface area contributed by atoms with Gasteiger partial charge >= 0.3 is 0 Å². The molecular weight excluding hydrogens is 259 g/mol. The SMILES string of the molecule is CC.CC.CC.C[C-]1CCC2(N)C(C)[N+]2(C)C1.[V]. The van der Waals surface area contributed by atoms with Crippen molar-refractivity contribution in [3.8, 4) is 0 Å². The van der Waals surface area contributed by atoms with E-state index in [4.69, 9.17) is 5.73 Å². The second-order valence-electron chi connectivity index (χ2n) is 4.55. The smallest absolute Gasteiger partial charge is 0.198 e. The molecule has 2 aliphatic heterocycles. The molecule has 0 aromatic carbocycles. The largest absolute Gasteiger partial charge is 0.320 e. The Morgan fingerprint density at radius 3 is 1.78 bits per heavy atom. The Bertz CT molecular complexity index is 199. The number of quaternary nitrogens is 1. The fraction of sp³-hybridized carbons (Fsp3) is 0.933.